The van der Waals surface area contributed by atoms with E-state index in [-0.39, 0.29) is 12.1 Å². The van der Waals surface area contributed by atoms with E-state index in [2.05, 4.69) is 10.3 Å². The number of nitrogens with one attached hydrogen (secondary N) is 1. The zero-order valence-electron chi connectivity index (χ0n) is 11.2. The molecule has 1 aromatic rings. The topological polar surface area (TPSA) is 45.1 Å². The first-order chi connectivity index (χ1) is 9.20. The Morgan fingerprint density at radius 2 is 2.42 bits per heavy atom. The quantitative estimate of drug-likeness (QED) is 0.793. The van der Waals surface area contributed by atoms with Crippen LogP contribution in [0.1, 0.15) is 25.7 Å². The summed E-state index contributed by atoms with van der Waals surface area (Å²) in [6, 6.07) is 3.83. The van der Waals surface area contributed by atoms with Crippen molar-refractivity contribution in [3.05, 3.63) is 23.4 Å². The summed E-state index contributed by atoms with van der Waals surface area (Å²) in [6.07, 6.45) is 6.28. The summed E-state index contributed by atoms with van der Waals surface area (Å²) in [5, 5.41) is 14.7. The lowest BCUT2D eigenvalue weighted by molar-refractivity contribution is 0.130. The number of aromatic nitrogens is 1. The van der Waals surface area contributed by atoms with Gasteiger partial charge in [0.1, 0.15) is 0 Å². The van der Waals surface area contributed by atoms with E-state index in [9.17, 15) is 5.11 Å². The van der Waals surface area contributed by atoms with Crippen molar-refractivity contribution in [2.75, 3.05) is 19.4 Å². The number of nitrogens with zero attached hydrogens (tertiary/aromatic N) is 1. The van der Waals surface area contributed by atoms with Gasteiger partial charge < -0.3 is 10.4 Å². The molecule has 2 atom stereocenters. The lowest BCUT2D eigenvalue weighted by atomic mass is 9.86. The van der Waals surface area contributed by atoms with Gasteiger partial charge in [-0.2, -0.15) is 0 Å². The second-order valence-corrected chi connectivity index (χ2v) is 6.66. The largest absolute Gasteiger partial charge is 0.394 e. The van der Waals surface area contributed by atoms with Gasteiger partial charge in [-0.3, -0.25) is 0 Å². The van der Waals surface area contributed by atoms with Crippen molar-refractivity contribution in [3.8, 4) is 0 Å². The molecule has 3 nitrogen and oxygen atoms in total. The number of hydrogen-bond acceptors (Lipinski definition) is 4. The van der Waals surface area contributed by atoms with Gasteiger partial charge in [0.2, 0.25) is 0 Å². The highest BCUT2D eigenvalue weighted by molar-refractivity contribution is 7.99. The summed E-state index contributed by atoms with van der Waals surface area (Å²) < 4.78 is 0. The summed E-state index contributed by atoms with van der Waals surface area (Å²) >= 11 is 7.58. The molecule has 1 saturated carbocycles. The SMILES string of the molecule is CNC1(CO)CCCC1CCSc1ccc(Cl)cn1. The highest BCUT2D eigenvalue weighted by atomic mass is 35.5. The van der Waals surface area contributed by atoms with E-state index in [1.54, 1.807) is 18.0 Å². The van der Waals surface area contributed by atoms with Crippen molar-refractivity contribution in [2.45, 2.75) is 36.2 Å². The van der Waals surface area contributed by atoms with Gasteiger partial charge in [-0.05, 0) is 50.1 Å². The Morgan fingerprint density at radius 1 is 1.58 bits per heavy atom. The molecule has 1 aliphatic rings. The number of pyridine rings is 1. The average molecular weight is 301 g/mol. The fourth-order valence-corrected chi connectivity index (χ4v) is 3.95. The van der Waals surface area contributed by atoms with Crippen LogP contribution in [0.2, 0.25) is 5.02 Å². The average Bonchev–Trinajstić information content (AvgIpc) is 2.84. The van der Waals surface area contributed by atoms with Crippen molar-refractivity contribution in [1.29, 1.82) is 0 Å². The first kappa shape index (κ1) is 15.1. The second kappa shape index (κ2) is 6.93. The summed E-state index contributed by atoms with van der Waals surface area (Å²) in [7, 11) is 1.96. The third kappa shape index (κ3) is 3.63. The van der Waals surface area contributed by atoms with Crippen LogP contribution in [0.25, 0.3) is 0 Å². The van der Waals surface area contributed by atoms with Crippen LogP contribution in [0.5, 0.6) is 0 Å². The van der Waals surface area contributed by atoms with Crippen LogP contribution in [0.4, 0.5) is 0 Å². The third-order valence-corrected chi connectivity index (χ3v) is 5.35. The predicted octanol–water partition coefficient (Wildman–Crippen LogP) is 2.97. The van der Waals surface area contributed by atoms with Gasteiger partial charge >= 0.3 is 0 Å². The number of thioether (sulfide) groups is 1. The van der Waals surface area contributed by atoms with E-state index in [1.807, 2.05) is 19.2 Å². The molecule has 2 unspecified atom stereocenters. The van der Waals surface area contributed by atoms with Gasteiger partial charge in [-0.1, -0.05) is 18.0 Å². The highest BCUT2D eigenvalue weighted by Gasteiger charge is 2.40. The normalized spacial score (nSPS) is 26.8. The maximum absolute atomic E-state index is 9.64. The Morgan fingerprint density at radius 3 is 3.05 bits per heavy atom. The van der Waals surface area contributed by atoms with Crippen LogP contribution in [-0.2, 0) is 0 Å². The molecule has 0 aromatic carbocycles. The summed E-state index contributed by atoms with van der Waals surface area (Å²) in [4.78, 5) is 4.29. The van der Waals surface area contributed by atoms with E-state index < -0.39 is 0 Å². The zero-order valence-corrected chi connectivity index (χ0v) is 12.8. The molecule has 1 aliphatic carbocycles. The van der Waals surface area contributed by atoms with E-state index >= 15 is 0 Å². The van der Waals surface area contributed by atoms with Crippen LogP contribution in [0.15, 0.2) is 23.4 Å². The first-order valence-corrected chi connectivity index (χ1v) is 8.11. The number of rotatable bonds is 6. The van der Waals surface area contributed by atoms with Crippen LogP contribution < -0.4 is 5.32 Å². The minimum Gasteiger partial charge on any atom is -0.394 e. The molecule has 1 fully saturated rings. The van der Waals surface area contributed by atoms with E-state index in [0.717, 1.165) is 23.6 Å². The van der Waals surface area contributed by atoms with Crippen molar-refractivity contribution < 1.29 is 5.11 Å². The highest BCUT2D eigenvalue weighted by Crippen LogP contribution is 2.38. The van der Waals surface area contributed by atoms with Gasteiger partial charge in [0.15, 0.2) is 0 Å². The number of hydrogen-bond donors (Lipinski definition) is 2. The second-order valence-electron chi connectivity index (χ2n) is 5.11. The van der Waals surface area contributed by atoms with Gasteiger partial charge in [0, 0.05) is 11.7 Å². The van der Waals surface area contributed by atoms with Gasteiger partial charge in [-0.15, -0.1) is 11.8 Å². The summed E-state index contributed by atoms with van der Waals surface area (Å²) in [5.41, 5.74) is -0.0615. The molecule has 0 saturated heterocycles. The Bertz CT molecular complexity index is 395. The molecule has 2 rings (SSSR count). The minimum atomic E-state index is -0.0615. The van der Waals surface area contributed by atoms with Crippen molar-refractivity contribution in [3.63, 3.8) is 0 Å². The molecule has 0 spiro atoms. The molecule has 106 valence electrons. The van der Waals surface area contributed by atoms with Crippen molar-refractivity contribution in [2.24, 2.45) is 5.92 Å². The molecule has 0 radical (unpaired) electrons. The van der Waals surface area contributed by atoms with Crippen molar-refractivity contribution >= 4 is 23.4 Å². The lowest BCUT2D eigenvalue weighted by Crippen LogP contribution is -2.49. The summed E-state index contributed by atoms with van der Waals surface area (Å²) in [6.45, 7) is 0.234. The Balaban J connectivity index is 1.83. The van der Waals surface area contributed by atoms with Gasteiger partial charge in [0.25, 0.3) is 0 Å². The standard InChI is InChI=1S/C14H21ClN2OS/c1-16-14(10-18)7-2-3-11(14)6-8-19-13-5-4-12(15)9-17-13/h4-5,9,11,16,18H,2-3,6-8,10H2,1H3. The molecule has 2 N–H and O–H groups in total. The molecule has 0 aliphatic heterocycles. The molecule has 0 bridgehead atoms. The zero-order chi connectivity index (χ0) is 13.7. The molecule has 1 aromatic heterocycles. The monoisotopic (exact) mass is 300 g/mol. The van der Waals surface area contributed by atoms with Gasteiger partial charge in [-0.25, -0.2) is 4.98 Å². The van der Waals surface area contributed by atoms with Crippen molar-refractivity contribution in [1.82, 2.24) is 10.3 Å². The lowest BCUT2D eigenvalue weighted by Gasteiger charge is -2.33. The smallest absolute Gasteiger partial charge is 0.0960 e. The molecular weight excluding hydrogens is 280 g/mol. The minimum absolute atomic E-state index is 0.0615. The number of aliphatic hydroxyl groups excluding tert-OH is 1. The Hall–Kier alpha value is -0.290. The number of aliphatic hydroxyl groups is 1. The van der Waals surface area contributed by atoms with E-state index in [1.165, 1.54) is 12.8 Å². The number of likely N-dealkylation sites (N-methyl/N-ethyl adjacent to an activating group) is 1. The number of halogens is 1. The van der Waals surface area contributed by atoms with Crippen LogP contribution in [0.3, 0.4) is 0 Å². The Labute approximate surface area is 124 Å². The van der Waals surface area contributed by atoms with E-state index in [0.29, 0.717) is 10.9 Å². The van der Waals surface area contributed by atoms with Gasteiger partial charge in [0.05, 0.1) is 16.7 Å². The van der Waals surface area contributed by atoms with E-state index in [4.69, 9.17) is 11.6 Å². The Kier molecular flexibility index (Phi) is 5.51. The molecule has 0 amide bonds. The molecule has 5 heteroatoms. The van der Waals surface area contributed by atoms with Crippen LogP contribution in [0, 0.1) is 5.92 Å². The summed E-state index contributed by atoms with van der Waals surface area (Å²) in [5.74, 6) is 1.59. The molecule has 19 heavy (non-hydrogen) atoms. The fraction of sp³-hybridized carbons (Fsp3) is 0.643. The first-order valence-electron chi connectivity index (χ1n) is 6.74. The maximum Gasteiger partial charge on any atom is 0.0960 e. The van der Waals surface area contributed by atoms with Crippen LogP contribution >= 0.6 is 23.4 Å². The third-order valence-electron chi connectivity index (χ3n) is 4.15. The fourth-order valence-electron chi connectivity index (χ4n) is 2.93. The maximum atomic E-state index is 9.64. The molecular formula is C14H21ClN2OS. The van der Waals surface area contributed by atoms with Crippen LogP contribution in [-0.4, -0.2) is 35.0 Å². The predicted molar refractivity (Wildman–Crippen MR) is 80.8 cm³/mol. The molecule has 1 heterocycles.